The lowest BCUT2D eigenvalue weighted by Gasteiger charge is -2.11. The highest BCUT2D eigenvalue weighted by molar-refractivity contribution is 9.11. The van der Waals surface area contributed by atoms with E-state index in [0.717, 1.165) is 6.42 Å². The van der Waals surface area contributed by atoms with Gasteiger partial charge in [-0.3, -0.25) is 0 Å². The minimum absolute atomic E-state index is 0.0844. The number of aryl methyl sites for hydroxylation is 3. The van der Waals surface area contributed by atoms with Gasteiger partial charge in [0.25, 0.3) is 0 Å². The Hall–Kier alpha value is -0.640. The number of hydrogen-bond acceptors (Lipinski definition) is 2. The maximum Gasteiger partial charge on any atom is 0.0731 e. The first-order chi connectivity index (χ1) is 8.45. The molecule has 3 heteroatoms. The lowest BCUT2D eigenvalue weighted by atomic mass is 10.0. The molecule has 0 fully saturated rings. The fraction of sp³-hybridized carbons (Fsp3) is 0.333. The van der Waals surface area contributed by atoms with Gasteiger partial charge in [0.05, 0.1) is 3.79 Å². The molecule has 0 saturated carbocycles. The van der Waals surface area contributed by atoms with Gasteiger partial charge in [-0.15, -0.1) is 11.3 Å². The molecule has 1 aromatic heterocycles. The highest BCUT2D eigenvalue weighted by atomic mass is 79.9. The smallest absolute Gasteiger partial charge is 0.0731 e. The molecule has 2 aromatic rings. The van der Waals surface area contributed by atoms with Crippen LogP contribution in [0.4, 0.5) is 0 Å². The zero-order valence-corrected chi connectivity index (χ0v) is 13.4. The molecular formula is C15H18BrNS. The van der Waals surface area contributed by atoms with E-state index < -0.39 is 0 Å². The summed E-state index contributed by atoms with van der Waals surface area (Å²) in [4.78, 5) is 1.25. The average molecular weight is 324 g/mol. The Morgan fingerprint density at radius 1 is 1.11 bits per heavy atom. The third kappa shape index (κ3) is 3.22. The molecule has 18 heavy (non-hydrogen) atoms. The summed E-state index contributed by atoms with van der Waals surface area (Å²) in [6, 6.07) is 8.91. The van der Waals surface area contributed by atoms with Crippen molar-refractivity contribution in [1.82, 2.24) is 0 Å². The lowest BCUT2D eigenvalue weighted by Crippen LogP contribution is -2.12. The second-order valence-electron chi connectivity index (χ2n) is 4.91. The van der Waals surface area contributed by atoms with Gasteiger partial charge in [-0.25, -0.2) is 0 Å². The van der Waals surface area contributed by atoms with Crippen LogP contribution in [0.25, 0.3) is 0 Å². The van der Waals surface area contributed by atoms with E-state index in [9.17, 15) is 0 Å². The Morgan fingerprint density at radius 2 is 1.72 bits per heavy atom. The zero-order chi connectivity index (χ0) is 13.3. The van der Waals surface area contributed by atoms with Crippen molar-refractivity contribution in [2.75, 3.05) is 0 Å². The summed E-state index contributed by atoms with van der Waals surface area (Å²) in [7, 11) is 0. The SMILES string of the molecule is Cc1cc(C)cc(CC(N)c2cc(C)c(Br)s2)c1. The normalized spacial score (nSPS) is 12.7. The monoisotopic (exact) mass is 323 g/mol. The van der Waals surface area contributed by atoms with Crippen molar-refractivity contribution >= 4 is 27.3 Å². The second-order valence-corrected chi connectivity index (χ2v) is 7.31. The van der Waals surface area contributed by atoms with Crippen LogP contribution in [0.15, 0.2) is 28.1 Å². The molecule has 0 aliphatic carbocycles. The molecule has 2 N–H and O–H groups in total. The quantitative estimate of drug-likeness (QED) is 0.872. The summed E-state index contributed by atoms with van der Waals surface area (Å²) in [5.74, 6) is 0. The van der Waals surface area contributed by atoms with E-state index in [-0.39, 0.29) is 6.04 Å². The topological polar surface area (TPSA) is 26.0 Å². The Kier molecular flexibility index (Phi) is 4.25. The number of hydrogen-bond donors (Lipinski definition) is 1. The Bertz CT molecular complexity index is 520. The van der Waals surface area contributed by atoms with Gasteiger partial charge in [0, 0.05) is 10.9 Å². The third-order valence-electron chi connectivity index (χ3n) is 2.98. The average Bonchev–Trinajstić information content (AvgIpc) is 2.57. The third-order valence-corrected chi connectivity index (χ3v) is 5.25. The lowest BCUT2D eigenvalue weighted by molar-refractivity contribution is 0.735. The molecule has 1 unspecified atom stereocenters. The molecule has 0 amide bonds. The van der Waals surface area contributed by atoms with Gasteiger partial charge in [0.2, 0.25) is 0 Å². The molecule has 0 aliphatic heterocycles. The van der Waals surface area contributed by atoms with Gasteiger partial charge < -0.3 is 5.73 Å². The van der Waals surface area contributed by atoms with Crippen molar-refractivity contribution in [2.24, 2.45) is 5.73 Å². The predicted octanol–water partition coefficient (Wildman–Crippen LogP) is 4.68. The summed E-state index contributed by atoms with van der Waals surface area (Å²) >= 11 is 5.30. The van der Waals surface area contributed by atoms with Crippen molar-refractivity contribution < 1.29 is 0 Å². The highest BCUT2D eigenvalue weighted by Gasteiger charge is 2.12. The highest BCUT2D eigenvalue weighted by Crippen LogP contribution is 2.31. The fourth-order valence-electron chi connectivity index (χ4n) is 2.21. The molecular weight excluding hydrogens is 306 g/mol. The van der Waals surface area contributed by atoms with Crippen LogP contribution >= 0.6 is 27.3 Å². The Morgan fingerprint density at radius 3 is 2.22 bits per heavy atom. The van der Waals surface area contributed by atoms with Gasteiger partial charge in [-0.2, -0.15) is 0 Å². The largest absolute Gasteiger partial charge is 0.323 e. The van der Waals surface area contributed by atoms with E-state index >= 15 is 0 Å². The van der Waals surface area contributed by atoms with E-state index in [1.807, 2.05) is 0 Å². The fourth-order valence-corrected chi connectivity index (χ4v) is 3.78. The number of benzene rings is 1. The number of halogens is 1. The first-order valence-corrected chi connectivity index (χ1v) is 7.65. The van der Waals surface area contributed by atoms with Crippen molar-refractivity contribution in [1.29, 1.82) is 0 Å². The summed E-state index contributed by atoms with van der Waals surface area (Å²) in [5, 5.41) is 0. The maximum absolute atomic E-state index is 6.30. The molecule has 1 aromatic carbocycles. The molecule has 1 heterocycles. The first-order valence-electron chi connectivity index (χ1n) is 6.04. The van der Waals surface area contributed by atoms with Crippen molar-refractivity contribution in [3.8, 4) is 0 Å². The van der Waals surface area contributed by atoms with Crippen LogP contribution in [-0.4, -0.2) is 0 Å². The van der Waals surface area contributed by atoms with E-state index in [2.05, 4.69) is 61.0 Å². The van der Waals surface area contributed by atoms with Crippen LogP contribution < -0.4 is 5.73 Å². The van der Waals surface area contributed by atoms with Crippen LogP contribution in [0, 0.1) is 20.8 Å². The van der Waals surface area contributed by atoms with Crippen LogP contribution in [0.5, 0.6) is 0 Å². The first kappa shape index (κ1) is 13.8. The molecule has 2 rings (SSSR count). The van der Waals surface area contributed by atoms with Crippen molar-refractivity contribution in [2.45, 2.75) is 33.2 Å². The molecule has 0 aliphatic rings. The van der Waals surface area contributed by atoms with Crippen molar-refractivity contribution in [3.05, 3.63) is 55.2 Å². The molecule has 0 radical (unpaired) electrons. The van der Waals surface area contributed by atoms with E-state index in [1.165, 1.54) is 30.9 Å². The van der Waals surface area contributed by atoms with Gasteiger partial charge in [-0.05, 0) is 60.3 Å². The summed E-state index contributed by atoms with van der Waals surface area (Å²) in [6.07, 6.45) is 0.898. The number of rotatable bonds is 3. The van der Waals surface area contributed by atoms with Gasteiger partial charge in [0.1, 0.15) is 0 Å². The van der Waals surface area contributed by atoms with Crippen molar-refractivity contribution in [3.63, 3.8) is 0 Å². The standard InChI is InChI=1S/C15H18BrNS/c1-9-4-10(2)6-12(5-9)8-13(17)14-7-11(3)15(16)18-14/h4-7,13H,8,17H2,1-3H3. The molecule has 0 saturated heterocycles. The second kappa shape index (κ2) is 5.55. The van der Waals surface area contributed by atoms with Crippen LogP contribution in [0.3, 0.4) is 0 Å². The minimum atomic E-state index is 0.0844. The molecule has 1 atom stereocenters. The van der Waals surface area contributed by atoms with Gasteiger partial charge in [0.15, 0.2) is 0 Å². The minimum Gasteiger partial charge on any atom is -0.323 e. The molecule has 0 spiro atoms. The summed E-state index contributed by atoms with van der Waals surface area (Å²) < 4.78 is 1.19. The Labute approximate surface area is 121 Å². The van der Waals surface area contributed by atoms with E-state index in [4.69, 9.17) is 5.73 Å². The van der Waals surface area contributed by atoms with E-state index in [1.54, 1.807) is 11.3 Å². The summed E-state index contributed by atoms with van der Waals surface area (Å²) in [5.41, 5.74) is 11.5. The summed E-state index contributed by atoms with van der Waals surface area (Å²) in [6.45, 7) is 6.37. The number of thiophene rings is 1. The predicted molar refractivity (Wildman–Crippen MR) is 83.3 cm³/mol. The molecule has 96 valence electrons. The zero-order valence-electron chi connectivity index (χ0n) is 11.0. The van der Waals surface area contributed by atoms with Crippen LogP contribution in [0.1, 0.15) is 33.2 Å². The molecule has 1 nitrogen and oxygen atoms in total. The number of nitrogens with two attached hydrogens (primary N) is 1. The van der Waals surface area contributed by atoms with Crippen LogP contribution in [0.2, 0.25) is 0 Å². The van der Waals surface area contributed by atoms with Gasteiger partial charge in [-0.1, -0.05) is 29.3 Å². The van der Waals surface area contributed by atoms with Crippen LogP contribution in [-0.2, 0) is 6.42 Å². The molecule has 0 bridgehead atoms. The van der Waals surface area contributed by atoms with Gasteiger partial charge >= 0.3 is 0 Å². The Balaban J connectivity index is 2.18. The van der Waals surface area contributed by atoms with E-state index in [0.29, 0.717) is 0 Å². The maximum atomic E-state index is 6.30.